The lowest BCUT2D eigenvalue weighted by Crippen LogP contribution is -2.39. The first-order chi connectivity index (χ1) is 8.50. The largest absolute Gasteiger partial charge is 0.343 e. The molecule has 0 aliphatic carbocycles. The second-order valence-electron chi connectivity index (χ2n) is 5.29. The molecule has 96 valence electrons. The molecule has 1 aliphatic heterocycles. The van der Waals surface area contributed by atoms with E-state index in [0.717, 1.165) is 17.5 Å². The van der Waals surface area contributed by atoms with Crippen molar-refractivity contribution in [3.63, 3.8) is 0 Å². The number of hydrogen-bond acceptors (Lipinski definition) is 1. The Labute approximate surface area is 105 Å². The minimum absolute atomic E-state index is 0.259. The fraction of sp³-hybridized carbons (Fsp3) is 0.429. The third kappa shape index (κ3) is 1.42. The van der Waals surface area contributed by atoms with Crippen LogP contribution in [-0.2, 0) is 6.42 Å². The molecule has 0 spiro atoms. The minimum Gasteiger partial charge on any atom is -0.343 e. The number of aromatic nitrogens is 1. The molecule has 2 atom stereocenters. The SMILES string of the molecule is C[C@H]1[C@H](N(C)C)Cc2cc(F)c(F)c3ccn1c23. The fourth-order valence-corrected chi connectivity index (χ4v) is 3.07. The maximum absolute atomic E-state index is 13.7. The quantitative estimate of drug-likeness (QED) is 0.755. The number of halogens is 2. The minimum atomic E-state index is -0.748. The van der Waals surface area contributed by atoms with Crippen LogP contribution < -0.4 is 0 Å². The lowest BCUT2D eigenvalue weighted by molar-refractivity contribution is 0.216. The van der Waals surface area contributed by atoms with Crippen LogP contribution in [0.4, 0.5) is 8.78 Å². The Kier molecular flexibility index (Phi) is 2.45. The van der Waals surface area contributed by atoms with Crippen LogP contribution in [0.3, 0.4) is 0 Å². The van der Waals surface area contributed by atoms with E-state index in [1.54, 1.807) is 6.07 Å². The Morgan fingerprint density at radius 2 is 2.06 bits per heavy atom. The van der Waals surface area contributed by atoms with E-state index in [-0.39, 0.29) is 6.04 Å². The van der Waals surface area contributed by atoms with Crippen molar-refractivity contribution in [3.05, 3.63) is 35.5 Å². The van der Waals surface area contributed by atoms with Crippen molar-refractivity contribution in [1.82, 2.24) is 9.47 Å². The first kappa shape index (κ1) is 11.7. The number of rotatable bonds is 1. The fourth-order valence-electron chi connectivity index (χ4n) is 3.07. The van der Waals surface area contributed by atoms with Crippen molar-refractivity contribution in [2.45, 2.75) is 25.4 Å². The van der Waals surface area contributed by atoms with Gasteiger partial charge < -0.3 is 9.47 Å². The Bertz CT molecular complexity index is 616. The third-order valence-electron chi connectivity index (χ3n) is 4.05. The van der Waals surface area contributed by atoms with Crippen LogP contribution in [0.5, 0.6) is 0 Å². The molecule has 3 rings (SSSR count). The zero-order valence-electron chi connectivity index (χ0n) is 10.7. The van der Waals surface area contributed by atoms with Crippen LogP contribution in [-0.4, -0.2) is 29.6 Å². The summed E-state index contributed by atoms with van der Waals surface area (Å²) in [5.74, 6) is -1.48. The number of nitrogens with zero attached hydrogens (tertiary/aromatic N) is 2. The zero-order chi connectivity index (χ0) is 13.0. The Morgan fingerprint density at radius 1 is 1.33 bits per heavy atom. The van der Waals surface area contributed by atoms with Gasteiger partial charge in [0.05, 0.1) is 5.52 Å². The summed E-state index contributed by atoms with van der Waals surface area (Å²) >= 11 is 0. The lowest BCUT2D eigenvalue weighted by Gasteiger charge is -2.36. The van der Waals surface area contributed by atoms with E-state index in [2.05, 4.69) is 16.4 Å². The van der Waals surface area contributed by atoms with E-state index in [1.807, 2.05) is 20.3 Å². The topological polar surface area (TPSA) is 8.17 Å². The lowest BCUT2D eigenvalue weighted by atomic mass is 9.93. The van der Waals surface area contributed by atoms with Crippen molar-refractivity contribution >= 4 is 10.9 Å². The third-order valence-corrected chi connectivity index (χ3v) is 4.05. The van der Waals surface area contributed by atoms with E-state index in [4.69, 9.17) is 0 Å². The van der Waals surface area contributed by atoms with Crippen LogP contribution >= 0.6 is 0 Å². The van der Waals surface area contributed by atoms with Crippen LogP contribution in [0.1, 0.15) is 18.5 Å². The highest BCUT2D eigenvalue weighted by Crippen LogP contribution is 2.35. The molecule has 2 heterocycles. The predicted octanol–water partition coefficient (Wildman–Crippen LogP) is 2.97. The van der Waals surface area contributed by atoms with Gasteiger partial charge in [-0.2, -0.15) is 0 Å². The summed E-state index contributed by atoms with van der Waals surface area (Å²) in [7, 11) is 4.04. The molecule has 0 saturated carbocycles. The first-order valence-electron chi connectivity index (χ1n) is 6.14. The summed E-state index contributed by atoms with van der Waals surface area (Å²) in [6.45, 7) is 2.12. The van der Waals surface area contributed by atoms with Gasteiger partial charge in [-0.1, -0.05) is 0 Å². The second kappa shape index (κ2) is 3.79. The molecular weight excluding hydrogens is 234 g/mol. The number of benzene rings is 1. The van der Waals surface area contributed by atoms with Gasteiger partial charge in [-0.15, -0.1) is 0 Å². The summed E-state index contributed by atoms with van der Waals surface area (Å²) in [5.41, 5.74) is 1.74. The molecule has 0 bridgehead atoms. The van der Waals surface area contributed by atoms with Gasteiger partial charge in [0, 0.05) is 23.7 Å². The molecular formula is C14H16F2N2. The summed E-state index contributed by atoms with van der Waals surface area (Å²) in [5, 5.41) is 0.397. The van der Waals surface area contributed by atoms with Crippen molar-refractivity contribution in [3.8, 4) is 0 Å². The van der Waals surface area contributed by atoms with Crippen molar-refractivity contribution in [1.29, 1.82) is 0 Å². The van der Waals surface area contributed by atoms with Gasteiger partial charge in [0.15, 0.2) is 11.6 Å². The molecule has 0 unspecified atom stereocenters. The second-order valence-corrected chi connectivity index (χ2v) is 5.29. The van der Waals surface area contributed by atoms with Crippen LogP contribution in [0.2, 0.25) is 0 Å². The predicted molar refractivity (Wildman–Crippen MR) is 67.7 cm³/mol. The van der Waals surface area contributed by atoms with E-state index in [1.165, 1.54) is 6.07 Å². The Balaban J connectivity index is 2.28. The van der Waals surface area contributed by atoms with E-state index in [9.17, 15) is 8.78 Å². The van der Waals surface area contributed by atoms with Crippen LogP contribution in [0, 0.1) is 11.6 Å². The summed E-state index contributed by atoms with van der Waals surface area (Å²) in [6, 6.07) is 3.58. The number of likely N-dealkylation sites (N-methyl/N-ethyl adjacent to an activating group) is 1. The van der Waals surface area contributed by atoms with Gasteiger partial charge >= 0.3 is 0 Å². The van der Waals surface area contributed by atoms with Gasteiger partial charge in [-0.25, -0.2) is 8.78 Å². The number of hydrogen-bond donors (Lipinski definition) is 0. The summed E-state index contributed by atoms with van der Waals surface area (Å²) in [4.78, 5) is 2.14. The highest BCUT2D eigenvalue weighted by atomic mass is 19.2. The molecule has 2 nitrogen and oxygen atoms in total. The van der Waals surface area contributed by atoms with E-state index >= 15 is 0 Å². The first-order valence-corrected chi connectivity index (χ1v) is 6.14. The average molecular weight is 250 g/mol. The zero-order valence-corrected chi connectivity index (χ0v) is 10.7. The molecule has 2 aromatic rings. The van der Waals surface area contributed by atoms with E-state index in [0.29, 0.717) is 11.4 Å². The molecule has 1 aromatic carbocycles. The van der Waals surface area contributed by atoms with Crippen molar-refractivity contribution in [2.75, 3.05) is 14.1 Å². The molecule has 18 heavy (non-hydrogen) atoms. The Morgan fingerprint density at radius 3 is 2.72 bits per heavy atom. The molecule has 1 aromatic heterocycles. The highest BCUT2D eigenvalue weighted by molar-refractivity contribution is 5.85. The van der Waals surface area contributed by atoms with Gasteiger partial charge in [0.25, 0.3) is 0 Å². The maximum Gasteiger partial charge on any atom is 0.168 e. The molecule has 0 amide bonds. The van der Waals surface area contributed by atoms with Gasteiger partial charge in [0.2, 0.25) is 0 Å². The normalized spacial score (nSPS) is 23.0. The van der Waals surface area contributed by atoms with Crippen LogP contribution in [0.25, 0.3) is 10.9 Å². The maximum atomic E-state index is 13.7. The molecule has 1 aliphatic rings. The standard InChI is InChI=1S/C14H16F2N2/c1-8-12(17(2)3)7-9-6-11(15)13(16)10-4-5-18(8)14(9)10/h4-6,8,12H,7H2,1-3H3/t8-,12+/m0/s1. The molecule has 4 heteroatoms. The van der Waals surface area contributed by atoms with Crippen molar-refractivity contribution < 1.29 is 8.78 Å². The smallest absolute Gasteiger partial charge is 0.168 e. The summed E-state index contributed by atoms with van der Waals surface area (Å²) in [6.07, 6.45) is 2.61. The van der Waals surface area contributed by atoms with Gasteiger partial charge in [-0.3, -0.25) is 0 Å². The van der Waals surface area contributed by atoms with Crippen molar-refractivity contribution in [2.24, 2.45) is 0 Å². The van der Waals surface area contributed by atoms with Crippen LogP contribution in [0.15, 0.2) is 18.3 Å². The van der Waals surface area contributed by atoms with Gasteiger partial charge in [-0.05, 0) is 45.1 Å². The van der Waals surface area contributed by atoms with Gasteiger partial charge in [0.1, 0.15) is 0 Å². The van der Waals surface area contributed by atoms with E-state index < -0.39 is 11.6 Å². The molecule has 0 radical (unpaired) electrons. The molecule has 0 N–H and O–H groups in total. The monoisotopic (exact) mass is 250 g/mol. The Hall–Kier alpha value is -1.42. The summed E-state index contributed by atoms with van der Waals surface area (Å²) < 4.78 is 29.3. The highest BCUT2D eigenvalue weighted by Gasteiger charge is 2.30. The molecule has 0 saturated heterocycles. The average Bonchev–Trinajstić information content (AvgIpc) is 2.75. The molecule has 0 fully saturated rings.